The van der Waals surface area contributed by atoms with Gasteiger partial charge in [-0.05, 0) is 12.5 Å². The summed E-state index contributed by atoms with van der Waals surface area (Å²) in [6, 6.07) is 7.71. The molecule has 0 unspecified atom stereocenters. The zero-order chi connectivity index (χ0) is 9.26. The first-order chi connectivity index (χ1) is 6.36. The van der Waals surface area contributed by atoms with Gasteiger partial charge in [0.15, 0.2) is 12.0 Å². The quantitative estimate of drug-likeness (QED) is 0.655. The molecule has 0 fully saturated rings. The van der Waals surface area contributed by atoms with Crippen LogP contribution in [-0.2, 0) is 6.42 Å². The van der Waals surface area contributed by atoms with E-state index in [0.717, 1.165) is 29.2 Å². The Balaban J connectivity index is 2.81. The molecule has 0 N–H and O–H groups in total. The second-order valence-electron chi connectivity index (χ2n) is 2.91. The maximum absolute atomic E-state index is 10.7. The Morgan fingerprint density at radius 3 is 2.85 bits per heavy atom. The fraction of sp³-hybridized carbons (Fsp3) is 0.182. The number of para-hydroxylation sites is 1. The molecule has 0 atom stereocenters. The van der Waals surface area contributed by atoms with Crippen molar-refractivity contribution in [3.63, 3.8) is 0 Å². The van der Waals surface area contributed by atoms with Crippen LogP contribution in [0.4, 0.5) is 0 Å². The Labute approximate surface area is 76.2 Å². The van der Waals surface area contributed by atoms with Crippen molar-refractivity contribution in [2.45, 2.75) is 13.3 Å². The molecule has 0 aliphatic carbocycles. The summed E-state index contributed by atoms with van der Waals surface area (Å²) in [7, 11) is 0. The van der Waals surface area contributed by atoms with Gasteiger partial charge in [0.25, 0.3) is 0 Å². The summed E-state index contributed by atoms with van der Waals surface area (Å²) in [5.41, 5.74) is 1.80. The van der Waals surface area contributed by atoms with Crippen LogP contribution in [0.5, 0.6) is 0 Å². The van der Waals surface area contributed by atoms with Crippen LogP contribution in [0.25, 0.3) is 11.0 Å². The SMILES string of the molecule is CCc1c(C=O)oc2ccccc12. The van der Waals surface area contributed by atoms with E-state index in [2.05, 4.69) is 0 Å². The van der Waals surface area contributed by atoms with Crippen molar-refractivity contribution in [1.29, 1.82) is 0 Å². The molecule has 1 aromatic carbocycles. The fourth-order valence-corrected chi connectivity index (χ4v) is 1.58. The summed E-state index contributed by atoms with van der Waals surface area (Å²) in [5.74, 6) is 0.462. The molecule has 0 aliphatic heterocycles. The lowest BCUT2D eigenvalue weighted by Gasteiger charge is -1.90. The molecular weight excluding hydrogens is 164 g/mol. The van der Waals surface area contributed by atoms with Gasteiger partial charge in [0.05, 0.1) is 0 Å². The van der Waals surface area contributed by atoms with Gasteiger partial charge >= 0.3 is 0 Å². The third-order valence-electron chi connectivity index (χ3n) is 2.19. The smallest absolute Gasteiger partial charge is 0.185 e. The average molecular weight is 174 g/mol. The van der Waals surface area contributed by atoms with E-state index in [1.807, 2.05) is 31.2 Å². The van der Waals surface area contributed by atoms with Gasteiger partial charge in [0, 0.05) is 10.9 Å². The summed E-state index contributed by atoms with van der Waals surface area (Å²) in [6.07, 6.45) is 1.60. The highest BCUT2D eigenvalue weighted by Crippen LogP contribution is 2.24. The van der Waals surface area contributed by atoms with Gasteiger partial charge in [-0.15, -0.1) is 0 Å². The Bertz CT molecular complexity index is 440. The molecule has 0 spiro atoms. The Morgan fingerprint density at radius 1 is 1.38 bits per heavy atom. The lowest BCUT2D eigenvalue weighted by atomic mass is 10.1. The molecule has 0 saturated heterocycles. The molecule has 0 bridgehead atoms. The van der Waals surface area contributed by atoms with Gasteiger partial charge < -0.3 is 4.42 Å². The molecule has 0 saturated carbocycles. The van der Waals surface area contributed by atoms with Crippen LogP contribution in [0, 0.1) is 0 Å². The number of furan rings is 1. The maximum atomic E-state index is 10.7. The van der Waals surface area contributed by atoms with E-state index in [0.29, 0.717) is 5.76 Å². The van der Waals surface area contributed by atoms with Gasteiger partial charge in [-0.1, -0.05) is 25.1 Å². The van der Waals surface area contributed by atoms with E-state index < -0.39 is 0 Å². The molecule has 13 heavy (non-hydrogen) atoms. The first kappa shape index (κ1) is 8.05. The number of aldehydes is 1. The van der Waals surface area contributed by atoms with E-state index in [1.165, 1.54) is 0 Å². The minimum atomic E-state index is 0.462. The standard InChI is InChI=1S/C11H10O2/c1-2-8-9-5-3-4-6-10(9)13-11(8)7-12/h3-7H,2H2,1H3. The minimum Gasteiger partial charge on any atom is -0.453 e. The molecule has 2 aromatic rings. The molecule has 2 rings (SSSR count). The molecule has 2 nitrogen and oxygen atoms in total. The minimum absolute atomic E-state index is 0.462. The van der Waals surface area contributed by atoms with Gasteiger partial charge in [-0.2, -0.15) is 0 Å². The number of carbonyl (C=O) groups is 1. The highest BCUT2D eigenvalue weighted by Gasteiger charge is 2.10. The number of hydrogen-bond acceptors (Lipinski definition) is 2. The monoisotopic (exact) mass is 174 g/mol. The molecule has 0 aliphatic rings. The van der Waals surface area contributed by atoms with E-state index in [9.17, 15) is 4.79 Å². The van der Waals surface area contributed by atoms with Gasteiger partial charge in [-0.3, -0.25) is 4.79 Å². The van der Waals surface area contributed by atoms with Gasteiger partial charge in [0.1, 0.15) is 5.58 Å². The number of aryl methyl sites for hydroxylation is 1. The van der Waals surface area contributed by atoms with Crippen molar-refractivity contribution in [2.75, 3.05) is 0 Å². The summed E-state index contributed by atoms with van der Waals surface area (Å²) in [4.78, 5) is 10.7. The van der Waals surface area contributed by atoms with Crippen molar-refractivity contribution >= 4 is 17.3 Å². The van der Waals surface area contributed by atoms with Gasteiger partial charge in [-0.25, -0.2) is 0 Å². The molecule has 0 amide bonds. The summed E-state index contributed by atoms with van der Waals surface area (Å²) in [6.45, 7) is 2.02. The fourth-order valence-electron chi connectivity index (χ4n) is 1.58. The highest BCUT2D eigenvalue weighted by atomic mass is 16.3. The van der Waals surface area contributed by atoms with Crippen molar-refractivity contribution in [3.8, 4) is 0 Å². The van der Waals surface area contributed by atoms with Crippen LogP contribution in [0.15, 0.2) is 28.7 Å². The summed E-state index contributed by atoms with van der Waals surface area (Å²) in [5, 5.41) is 1.05. The third kappa shape index (κ3) is 1.15. The van der Waals surface area contributed by atoms with E-state index in [4.69, 9.17) is 4.42 Å². The van der Waals surface area contributed by atoms with E-state index in [1.54, 1.807) is 0 Å². The van der Waals surface area contributed by atoms with Crippen LogP contribution in [-0.4, -0.2) is 6.29 Å². The van der Waals surface area contributed by atoms with E-state index in [-0.39, 0.29) is 0 Å². The zero-order valence-corrected chi connectivity index (χ0v) is 7.41. The second-order valence-corrected chi connectivity index (χ2v) is 2.91. The predicted octanol–water partition coefficient (Wildman–Crippen LogP) is 2.81. The molecule has 2 heteroatoms. The molecular formula is C11H10O2. The van der Waals surface area contributed by atoms with Crippen molar-refractivity contribution in [2.24, 2.45) is 0 Å². The largest absolute Gasteiger partial charge is 0.453 e. The van der Waals surface area contributed by atoms with Crippen LogP contribution >= 0.6 is 0 Å². The molecule has 0 radical (unpaired) electrons. The maximum Gasteiger partial charge on any atom is 0.185 e. The number of carbonyl (C=O) groups excluding carboxylic acids is 1. The second kappa shape index (κ2) is 3.05. The first-order valence-electron chi connectivity index (χ1n) is 4.32. The Hall–Kier alpha value is -1.57. The first-order valence-corrected chi connectivity index (χ1v) is 4.32. The highest BCUT2D eigenvalue weighted by molar-refractivity contribution is 5.89. The number of hydrogen-bond donors (Lipinski definition) is 0. The number of benzene rings is 1. The summed E-state index contributed by atoms with van der Waals surface area (Å²) < 4.78 is 5.37. The lowest BCUT2D eigenvalue weighted by Crippen LogP contribution is -1.83. The summed E-state index contributed by atoms with van der Waals surface area (Å²) >= 11 is 0. The molecule has 1 heterocycles. The zero-order valence-electron chi connectivity index (χ0n) is 7.41. The normalized spacial score (nSPS) is 10.5. The van der Waals surface area contributed by atoms with Crippen LogP contribution in [0.1, 0.15) is 23.0 Å². The average Bonchev–Trinajstić information content (AvgIpc) is 2.55. The van der Waals surface area contributed by atoms with Crippen LogP contribution < -0.4 is 0 Å². The number of fused-ring (bicyclic) bond motifs is 1. The lowest BCUT2D eigenvalue weighted by molar-refractivity contribution is 0.110. The van der Waals surface area contributed by atoms with Crippen LogP contribution in [0.2, 0.25) is 0 Å². The Kier molecular flexibility index (Phi) is 1.89. The molecule has 1 aromatic heterocycles. The number of rotatable bonds is 2. The van der Waals surface area contributed by atoms with Crippen molar-refractivity contribution in [1.82, 2.24) is 0 Å². The van der Waals surface area contributed by atoms with Crippen molar-refractivity contribution in [3.05, 3.63) is 35.6 Å². The van der Waals surface area contributed by atoms with Gasteiger partial charge in [0.2, 0.25) is 0 Å². The van der Waals surface area contributed by atoms with Crippen molar-refractivity contribution < 1.29 is 9.21 Å². The third-order valence-corrected chi connectivity index (χ3v) is 2.19. The van der Waals surface area contributed by atoms with E-state index >= 15 is 0 Å². The molecule has 66 valence electrons. The Morgan fingerprint density at radius 2 is 2.15 bits per heavy atom. The van der Waals surface area contributed by atoms with Crippen LogP contribution in [0.3, 0.4) is 0 Å². The topological polar surface area (TPSA) is 30.2 Å². The predicted molar refractivity (Wildman–Crippen MR) is 51.0 cm³/mol.